The van der Waals surface area contributed by atoms with Gasteiger partial charge in [0, 0.05) is 44.1 Å². The van der Waals surface area contributed by atoms with Gasteiger partial charge in [0.2, 0.25) is 0 Å². The number of hydrogen-bond donors (Lipinski definition) is 0. The van der Waals surface area contributed by atoms with E-state index in [9.17, 15) is 18.0 Å². The van der Waals surface area contributed by atoms with Gasteiger partial charge in [-0.15, -0.1) is 23.4 Å². The molecule has 0 radical (unpaired) electrons. The molecule has 1 aliphatic rings. The summed E-state index contributed by atoms with van der Waals surface area (Å²) in [7, 11) is 0. The number of halogens is 3. The van der Waals surface area contributed by atoms with Crippen molar-refractivity contribution in [1.29, 1.82) is 0 Å². The quantitative estimate of drug-likeness (QED) is 0.648. The maximum atomic E-state index is 12.7. The van der Waals surface area contributed by atoms with Crippen molar-refractivity contribution in [3.63, 3.8) is 0 Å². The van der Waals surface area contributed by atoms with Crippen molar-refractivity contribution in [2.75, 3.05) is 31.1 Å². The molecule has 1 aromatic carbocycles. The van der Waals surface area contributed by atoms with Crippen molar-refractivity contribution in [1.82, 2.24) is 24.9 Å². The Bertz CT molecular complexity index is 1000. The Kier molecular flexibility index (Phi) is 5.25. The predicted octanol–water partition coefficient (Wildman–Crippen LogP) is 2.52. The van der Waals surface area contributed by atoms with E-state index < -0.39 is 12.1 Å². The molecular weight excluding hydrogens is 401 g/mol. The van der Waals surface area contributed by atoms with Crippen molar-refractivity contribution < 1.29 is 22.7 Å². The molecule has 11 heteroatoms. The van der Waals surface area contributed by atoms with E-state index in [1.165, 1.54) is 12.1 Å². The minimum atomic E-state index is -4.80. The fourth-order valence-electron chi connectivity index (χ4n) is 3.16. The summed E-state index contributed by atoms with van der Waals surface area (Å²) in [6.45, 7) is 1.87. The van der Waals surface area contributed by atoms with Gasteiger partial charge in [-0.25, -0.2) is 4.68 Å². The molecule has 0 spiro atoms. The molecule has 1 fully saturated rings. The third kappa shape index (κ3) is 4.50. The molecule has 8 nitrogen and oxygen atoms in total. The number of ether oxygens (including phenoxy) is 1. The first-order chi connectivity index (χ1) is 14.4. The lowest BCUT2D eigenvalue weighted by Crippen LogP contribution is -2.49. The molecule has 3 heterocycles. The molecule has 0 saturated carbocycles. The Morgan fingerprint density at radius 2 is 1.70 bits per heavy atom. The summed E-state index contributed by atoms with van der Waals surface area (Å²) >= 11 is 0. The molecule has 156 valence electrons. The van der Waals surface area contributed by atoms with Gasteiger partial charge in [0.15, 0.2) is 11.6 Å². The topological polar surface area (TPSA) is 76.4 Å². The zero-order valence-corrected chi connectivity index (χ0v) is 15.7. The van der Waals surface area contributed by atoms with Gasteiger partial charge in [-0.05, 0) is 36.4 Å². The Labute approximate surface area is 169 Å². The fraction of sp³-hybridized carbons (Fsp3) is 0.263. The Hall–Kier alpha value is -3.63. The maximum absolute atomic E-state index is 12.7. The number of benzene rings is 1. The highest BCUT2D eigenvalue weighted by Gasteiger charge is 2.31. The third-order valence-corrected chi connectivity index (χ3v) is 4.58. The van der Waals surface area contributed by atoms with Crippen LogP contribution in [-0.2, 0) is 0 Å². The average molecular weight is 418 g/mol. The summed E-state index contributed by atoms with van der Waals surface area (Å²) in [5.41, 5.74) is 0.147. The number of aromatic nitrogens is 4. The van der Waals surface area contributed by atoms with Gasteiger partial charge in [0.25, 0.3) is 5.91 Å². The number of hydrogen-bond acceptors (Lipinski definition) is 6. The molecule has 3 aromatic rings. The Morgan fingerprint density at radius 3 is 2.33 bits per heavy atom. The van der Waals surface area contributed by atoms with Crippen molar-refractivity contribution in [3.8, 4) is 11.6 Å². The zero-order chi connectivity index (χ0) is 21.1. The van der Waals surface area contributed by atoms with Crippen LogP contribution in [-0.4, -0.2) is 63.3 Å². The first kappa shape index (κ1) is 19.7. The van der Waals surface area contributed by atoms with E-state index in [4.69, 9.17) is 0 Å². The number of alkyl halides is 3. The SMILES string of the molecule is O=C(c1cccc(OC(F)(F)F)c1)N1CCN(c2ccc(-n3cccn3)nn2)CC1. The van der Waals surface area contributed by atoms with Crippen LogP contribution in [0.1, 0.15) is 10.4 Å². The molecule has 0 N–H and O–H groups in total. The van der Waals surface area contributed by atoms with Crippen LogP contribution in [0.5, 0.6) is 5.75 Å². The van der Waals surface area contributed by atoms with Gasteiger partial charge in [-0.2, -0.15) is 5.10 Å². The van der Waals surface area contributed by atoms with Crippen LogP contribution in [0, 0.1) is 0 Å². The number of amides is 1. The monoisotopic (exact) mass is 418 g/mol. The number of carbonyl (C=O) groups is 1. The van der Waals surface area contributed by atoms with E-state index in [0.717, 1.165) is 12.1 Å². The second kappa shape index (κ2) is 8.01. The predicted molar refractivity (Wildman–Crippen MR) is 100 cm³/mol. The largest absolute Gasteiger partial charge is 0.573 e. The van der Waals surface area contributed by atoms with Crippen LogP contribution in [0.15, 0.2) is 54.9 Å². The summed E-state index contributed by atoms with van der Waals surface area (Å²) in [5.74, 6) is 0.513. The maximum Gasteiger partial charge on any atom is 0.573 e. The van der Waals surface area contributed by atoms with E-state index in [1.807, 2.05) is 11.0 Å². The van der Waals surface area contributed by atoms with Crippen LogP contribution in [0.3, 0.4) is 0 Å². The van der Waals surface area contributed by atoms with Crippen LogP contribution in [0.2, 0.25) is 0 Å². The minimum absolute atomic E-state index is 0.147. The van der Waals surface area contributed by atoms with Gasteiger partial charge in [-0.1, -0.05) is 6.07 Å². The molecule has 4 rings (SSSR count). The smallest absolute Gasteiger partial charge is 0.406 e. The Balaban J connectivity index is 1.37. The molecule has 0 unspecified atom stereocenters. The lowest BCUT2D eigenvalue weighted by molar-refractivity contribution is -0.274. The van der Waals surface area contributed by atoms with E-state index in [0.29, 0.717) is 37.8 Å². The molecule has 0 bridgehead atoms. The highest BCUT2D eigenvalue weighted by Crippen LogP contribution is 2.24. The van der Waals surface area contributed by atoms with Gasteiger partial charge in [0.05, 0.1) is 0 Å². The molecule has 0 aliphatic carbocycles. The highest BCUT2D eigenvalue weighted by molar-refractivity contribution is 5.94. The van der Waals surface area contributed by atoms with Crippen molar-refractivity contribution >= 4 is 11.7 Å². The number of carbonyl (C=O) groups excluding carboxylic acids is 1. The summed E-state index contributed by atoms with van der Waals surface area (Å²) in [6.07, 6.45) is -1.39. The van der Waals surface area contributed by atoms with Crippen LogP contribution < -0.4 is 9.64 Å². The fourth-order valence-corrected chi connectivity index (χ4v) is 3.16. The van der Waals surface area contributed by atoms with E-state index in [1.54, 1.807) is 34.1 Å². The van der Waals surface area contributed by atoms with E-state index in [2.05, 4.69) is 20.0 Å². The van der Waals surface area contributed by atoms with Crippen LogP contribution >= 0.6 is 0 Å². The second-order valence-corrected chi connectivity index (χ2v) is 6.56. The number of rotatable bonds is 4. The summed E-state index contributed by atoms with van der Waals surface area (Å²) in [6, 6.07) is 10.5. The lowest BCUT2D eigenvalue weighted by atomic mass is 10.1. The van der Waals surface area contributed by atoms with E-state index >= 15 is 0 Å². The van der Waals surface area contributed by atoms with Gasteiger partial charge >= 0.3 is 6.36 Å². The van der Waals surface area contributed by atoms with Crippen LogP contribution in [0.25, 0.3) is 5.82 Å². The Morgan fingerprint density at radius 1 is 0.967 bits per heavy atom. The first-order valence-corrected chi connectivity index (χ1v) is 9.13. The van der Waals surface area contributed by atoms with Crippen molar-refractivity contribution in [3.05, 3.63) is 60.4 Å². The van der Waals surface area contributed by atoms with Crippen molar-refractivity contribution in [2.45, 2.75) is 6.36 Å². The molecule has 1 amide bonds. The third-order valence-electron chi connectivity index (χ3n) is 4.58. The normalized spacial score (nSPS) is 14.6. The number of piperazine rings is 1. The number of anilines is 1. The summed E-state index contributed by atoms with van der Waals surface area (Å²) in [5, 5.41) is 12.5. The molecule has 30 heavy (non-hydrogen) atoms. The van der Waals surface area contributed by atoms with Crippen molar-refractivity contribution in [2.24, 2.45) is 0 Å². The van der Waals surface area contributed by atoms with Gasteiger partial charge in [-0.3, -0.25) is 4.79 Å². The average Bonchev–Trinajstić information content (AvgIpc) is 3.27. The van der Waals surface area contributed by atoms with Crippen LogP contribution in [0.4, 0.5) is 19.0 Å². The molecule has 2 aromatic heterocycles. The molecular formula is C19H17F3N6O2. The molecule has 0 atom stereocenters. The highest BCUT2D eigenvalue weighted by atomic mass is 19.4. The summed E-state index contributed by atoms with van der Waals surface area (Å²) < 4.78 is 42.7. The minimum Gasteiger partial charge on any atom is -0.406 e. The lowest BCUT2D eigenvalue weighted by Gasteiger charge is -2.35. The first-order valence-electron chi connectivity index (χ1n) is 9.13. The second-order valence-electron chi connectivity index (χ2n) is 6.56. The summed E-state index contributed by atoms with van der Waals surface area (Å²) in [4.78, 5) is 16.3. The standard InChI is InChI=1S/C19H17F3N6O2/c20-19(21,22)30-15-4-1-3-14(13-15)18(29)27-11-9-26(10-12-27)16-5-6-17(25-24-16)28-8-2-7-23-28/h1-8,13H,9-12H2. The number of nitrogens with zero attached hydrogens (tertiary/aromatic N) is 6. The van der Waals surface area contributed by atoms with E-state index in [-0.39, 0.29) is 11.5 Å². The zero-order valence-electron chi connectivity index (χ0n) is 15.7. The molecule has 1 saturated heterocycles. The van der Waals surface area contributed by atoms with Gasteiger partial charge < -0.3 is 14.5 Å². The molecule has 1 aliphatic heterocycles. The van der Waals surface area contributed by atoms with Gasteiger partial charge in [0.1, 0.15) is 5.75 Å².